The van der Waals surface area contributed by atoms with Crippen LogP contribution in [0.4, 0.5) is 55.2 Å². The Morgan fingerprint density at radius 2 is 0.626 bits per heavy atom. The Morgan fingerprint density at radius 1 is 0.336 bits per heavy atom. The predicted molar refractivity (Wildman–Crippen MR) is 402 cm³/mol. The molecule has 5 saturated heterocycles. The van der Waals surface area contributed by atoms with Gasteiger partial charge in [-0.05, 0) is 133 Å². The van der Waals surface area contributed by atoms with Crippen molar-refractivity contribution >= 4 is 61.3 Å². The summed E-state index contributed by atoms with van der Waals surface area (Å²) in [6, 6.07) is 37.0. The van der Waals surface area contributed by atoms with E-state index in [1.54, 1.807) is 38.3 Å². The van der Waals surface area contributed by atoms with E-state index in [0.717, 1.165) is 136 Å². The molecule has 0 unspecified atom stereocenters. The first-order valence-electron chi connectivity index (χ1n) is 35.7. The maximum absolute atomic E-state index is 14.0. The molecule has 27 heteroatoms. The van der Waals surface area contributed by atoms with Crippen molar-refractivity contribution < 1.29 is 26.3 Å². The van der Waals surface area contributed by atoms with Crippen LogP contribution in [0, 0.1) is 68.9 Å². The number of nitriles is 3. The van der Waals surface area contributed by atoms with Gasteiger partial charge in [-0.3, -0.25) is 14.7 Å². The summed E-state index contributed by atoms with van der Waals surface area (Å²) in [7, 11) is 0. The molecule has 3 aromatic carbocycles. The topological polar surface area (TPSA) is 188 Å². The van der Waals surface area contributed by atoms with Crippen molar-refractivity contribution in [1.82, 2.24) is 58.5 Å². The summed E-state index contributed by atoms with van der Waals surface area (Å²) in [6.07, 6.45) is 20.8. The zero-order valence-corrected chi connectivity index (χ0v) is 60.0. The molecule has 0 aliphatic carbocycles. The first-order chi connectivity index (χ1) is 52.2. The van der Waals surface area contributed by atoms with Crippen LogP contribution in [0.15, 0.2) is 169 Å². The highest BCUT2D eigenvalue weighted by molar-refractivity contribution is 9.10. The van der Waals surface area contributed by atoms with Crippen LogP contribution in [0.2, 0.25) is 0 Å². The third kappa shape index (κ3) is 15.4. The number of fused-ring (bicyclic) bond motifs is 3. The van der Waals surface area contributed by atoms with Crippen molar-refractivity contribution in [3.63, 3.8) is 0 Å². The number of hydrogen-bond donors (Lipinski definition) is 0. The zero-order valence-electron chi connectivity index (χ0n) is 58.4. The van der Waals surface area contributed by atoms with Crippen molar-refractivity contribution in [1.29, 1.82) is 15.8 Å². The SMILES string of the molecule is N#Cc1cnn2cc(Br)cc(-c3ccc(N4CCN(Cc5c(F)cccc5F)CC4)nc3)c12.N#Cc1cnn2cc(N3CCCC3)cc(-c3ccc(N4CCN(Cc5c(F)cccc5F)CC4)nc3)c12.N#Cc1cnn2cc(N3CCCC3)cc(-c3ccc(N4CCN(Cc5c(F)cccc5F)CC4)nc3)c12. The van der Waals surface area contributed by atoms with E-state index < -0.39 is 34.9 Å². The lowest BCUT2D eigenvalue weighted by atomic mass is 10.0. The molecule has 0 amide bonds. The second-order valence-electron chi connectivity index (χ2n) is 27.2. The summed E-state index contributed by atoms with van der Waals surface area (Å²) in [5.74, 6) is -0.442. The molecule has 20 nitrogen and oxygen atoms in total. The number of aromatic nitrogens is 9. The minimum Gasteiger partial charge on any atom is -0.370 e. The van der Waals surface area contributed by atoms with Crippen molar-refractivity contribution in [3.05, 3.63) is 238 Å². The first-order valence-corrected chi connectivity index (χ1v) is 36.5. The van der Waals surface area contributed by atoms with Gasteiger partial charge in [0.25, 0.3) is 0 Å². The summed E-state index contributed by atoms with van der Waals surface area (Å²) in [6.45, 7) is 13.3. The van der Waals surface area contributed by atoms with Crippen LogP contribution in [0.1, 0.15) is 59.1 Å². The lowest BCUT2D eigenvalue weighted by Crippen LogP contribution is -2.46. The fourth-order valence-corrected chi connectivity index (χ4v) is 15.3. The fourth-order valence-electron chi connectivity index (χ4n) is 14.8. The molecule has 0 radical (unpaired) electrons. The molecule has 0 N–H and O–H groups in total. The van der Waals surface area contributed by atoms with Crippen LogP contribution in [-0.2, 0) is 19.6 Å². The van der Waals surface area contributed by atoms with Gasteiger partial charge >= 0.3 is 0 Å². The van der Waals surface area contributed by atoms with Gasteiger partial charge in [0, 0.05) is 204 Å². The molecule has 0 spiro atoms. The average Bonchev–Trinajstić information content (AvgIpc) is 1.64. The quantitative estimate of drug-likeness (QED) is 0.0934. The molecule has 9 aromatic heterocycles. The second-order valence-corrected chi connectivity index (χ2v) is 28.1. The van der Waals surface area contributed by atoms with Crippen LogP contribution in [0.5, 0.6) is 0 Å². The van der Waals surface area contributed by atoms with E-state index in [1.807, 2.05) is 78.3 Å². The molecular weight excluding hydrogens is 1430 g/mol. The molecule has 17 rings (SSSR count). The average molecular weight is 1510 g/mol. The molecule has 5 aliphatic rings. The number of benzene rings is 3. The van der Waals surface area contributed by atoms with Crippen LogP contribution < -0.4 is 24.5 Å². The molecule has 0 saturated carbocycles. The van der Waals surface area contributed by atoms with Gasteiger partial charge in [0.1, 0.15) is 70.6 Å². The summed E-state index contributed by atoms with van der Waals surface area (Å²) in [4.78, 5) is 31.6. The van der Waals surface area contributed by atoms with Crippen molar-refractivity contribution in [2.24, 2.45) is 0 Å². The van der Waals surface area contributed by atoms with E-state index >= 15 is 0 Å². The predicted octanol–water partition coefficient (Wildman–Crippen LogP) is 13.6. The lowest BCUT2D eigenvalue weighted by molar-refractivity contribution is 0.242. The third-order valence-corrected chi connectivity index (χ3v) is 21.1. The van der Waals surface area contributed by atoms with Gasteiger partial charge in [-0.15, -0.1) is 0 Å². The van der Waals surface area contributed by atoms with Crippen LogP contribution in [0.3, 0.4) is 0 Å². The van der Waals surface area contributed by atoms with Gasteiger partial charge < -0.3 is 24.5 Å². The number of piperazine rings is 3. The third-order valence-electron chi connectivity index (χ3n) is 20.7. The summed E-state index contributed by atoms with van der Waals surface area (Å²) < 4.78 is 90.3. The molecule has 107 heavy (non-hydrogen) atoms. The molecule has 5 aliphatic heterocycles. The number of anilines is 5. The molecule has 12 aromatic rings. The van der Waals surface area contributed by atoms with Gasteiger partial charge in [0.2, 0.25) is 0 Å². The van der Waals surface area contributed by atoms with Gasteiger partial charge in [0.15, 0.2) is 0 Å². The highest BCUT2D eigenvalue weighted by Gasteiger charge is 2.27. The number of halogens is 7. The summed E-state index contributed by atoms with van der Waals surface area (Å²) in [5.41, 5.74) is 11.9. The van der Waals surface area contributed by atoms with E-state index in [2.05, 4.69) is 101 Å². The fraction of sp³-hybridized carbons (Fsp3) is 0.287. The van der Waals surface area contributed by atoms with E-state index in [1.165, 1.54) is 80.3 Å². The van der Waals surface area contributed by atoms with Gasteiger partial charge in [-0.1, -0.05) is 18.2 Å². The Morgan fingerprint density at radius 3 is 0.907 bits per heavy atom. The molecule has 0 atom stereocenters. The Kier molecular flexibility index (Phi) is 21.1. The van der Waals surface area contributed by atoms with Crippen LogP contribution >= 0.6 is 15.9 Å². The highest BCUT2D eigenvalue weighted by atomic mass is 79.9. The van der Waals surface area contributed by atoms with Crippen molar-refractivity contribution in [3.8, 4) is 51.6 Å². The standard InChI is InChI=1S/2C28H27F2N7.C24H19BrF2N6/c2*29-25-4-3-5-26(30)24(25)19-34-10-12-36(13-11-34)27-7-6-20(16-32-27)23-14-22(35-8-1-2-9-35)18-37-28(23)21(15-31)17-33-37;25-18-10-19(24-17(11-28)13-30-33(24)14-18)16-4-5-23(29-12-16)32-8-6-31(7-9-32)15-20-21(26)2-1-3-22(20)27/h2*3-7,14,16-18H,1-2,8-13,19H2;1-5,10,12-14H,6-9,15H2. The number of rotatable bonds is 14. The van der Waals surface area contributed by atoms with Crippen LogP contribution in [0.25, 0.3) is 49.9 Å². The maximum Gasteiger partial charge on any atom is 0.130 e. The summed E-state index contributed by atoms with van der Waals surface area (Å²) in [5, 5.41) is 41.9. The minimum atomic E-state index is -0.505. The van der Waals surface area contributed by atoms with Crippen molar-refractivity contribution in [2.75, 3.05) is 129 Å². The monoisotopic (exact) mass is 1510 g/mol. The zero-order chi connectivity index (χ0) is 73.7. The van der Waals surface area contributed by atoms with Gasteiger partial charge in [0.05, 0.1) is 75.6 Å². The number of pyridine rings is 6. The van der Waals surface area contributed by atoms with E-state index in [-0.39, 0.29) is 36.3 Å². The molecule has 5 fully saturated rings. The Labute approximate surface area is 622 Å². The van der Waals surface area contributed by atoms with Crippen LogP contribution in [-0.4, -0.2) is 163 Å². The molecule has 14 heterocycles. The highest BCUT2D eigenvalue weighted by Crippen LogP contribution is 2.37. The Bertz CT molecular complexity index is 5040. The maximum atomic E-state index is 14.0. The largest absolute Gasteiger partial charge is 0.370 e. The Balaban J connectivity index is 0.000000129. The number of nitrogens with zero attached hydrogens (tertiary/aromatic N) is 20. The first kappa shape index (κ1) is 71.2. The normalized spacial score (nSPS) is 15.9. The van der Waals surface area contributed by atoms with Gasteiger partial charge in [-0.25, -0.2) is 54.8 Å². The summed E-state index contributed by atoms with van der Waals surface area (Å²) >= 11 is 3.50. The van der Waals surface area contributed by atoms with E-state index in [0.29, 0.717) is 69.0 Å². The van der Waals surface area contributed by atoms with E-state index in [4.69, 9.17) is 9.97 Å². The molecule has 542 valence electrons. The lowest BCUT2D eigenvalue weighted by Gasteiger charge is -2.35. The Hall–Kier alpha value is -11.4. The smallest absolute Gasteiger partial charge is 0.130 e. The minimum absolute atomic E-state index is 0.116. The van der Waals surface area contributed by atoms with Crippen molar-refractivity contribution in [2.45, 2.75) is 45.3 Å². The molecule has 0 bridgehead atoms. The van der Waals surface area contributed by atoms with E-state index in [9.17, 15) is 42.1 Å². The second kappa shape index (κ2) is 31.7. The van der Waals surface area contributed by atoms with Gasteiger partial charge in [-0.2, -0.15) is 31.1 Å². The number of hydrogen-bond acceptors (Lipinski definition) is 17. The molecular formula is C80H73BrF6N20.